The molecule has 0 aromatic heterocycles. The van der Waals surface area contributed by atoms with Gasteiger partial charge in [-0.1, -0.05) is 11.7 Å². The van der Waals surface area contributed by atoms with Crippen LogP contribution in [0.2, 0.25) is 0 Å². The van der Waals surface area contributed by atoms with Gasteiger partial charge in [-0.15, -0.1) is 0 Å². The molecule has 0 aromatic carbocycles. The molecular formula is C4H4ClN3O. The Morgan fingerprint density at radius 2 is 2.44 bits per heavy atom. The van der Waals surface area contributed by atoms with Crippen molar-refractivity contribution in [3.8, 4) is 0 Å². The monoisotopic (exact) mass is 145 g/mol. The first kappa shape index (κ1) is 8.01. The Morgan fingerprint density at radius 1 is 1.89 bits per heavy atom. The number of carbonyl (C=O) groups is 1. The first-order valence-electron chi connectivity index (χ1n) is 2.07. The fraction of sp³-hybridized carbons (Fsp3) is 0.250. The Hall–Kier alpha value is -0.990. The summed E-state index contributed by atoms with van der Waals surface area (Å²) in [5.74, 6) is 0. The van der Waals surface area contributed by atoms with Crippen molar-refractivity contribution in [2.75, 3.05) is 6.54 Å². The van der Waals surface area contributed by atoms with Gasteiger partial charge in [0.2, 0.25) is 5.24 Å². The zero-order valence-corrected chi connectivity index (χ0v) is 5.30. The van der Waals surface area contributed by atoms with Crippen LogP contribution in [0.5, 0.6) is 0 Å². The van der Waals surface area contributed by atoms with E-state index in [4.69, 9.17) is 17.1 Å². The van der Waals surface area contributed by atoms with Crippen molar-refractivity contribution in [3.63, 3.8) is 0 Å². The highest BCUT2D eigenvalue weighted by Gasteiger charge is 1.98. The average molecular weight is 146 g/mol. The maximum Gasteiger partial charge on any atom is 0.247 e. The van der Waals surface area contributed by atoms with E-state index in [0.29, 0.717) is 0 Å². The largest absolute Gasteiger partial charge is 0.276 e. The van der Waals surface area contributed by atoms with Crippen LogP contribution in [-0.4, -0.2) is 11.8 Å². The maximum absolute atomic E-state index is 10.1. The highest BCUT2D eigenvalue weighted by Crippen LogP contribution is 1.96. The van der Waals surface area contributed by atoms with Gasteiger partial charge in [-0.05, 0) is 17.1 Å². The lowest BCUT2D eigenvalue weighted by molar-refractivity contribution is -0.108. The normalized spacial score (nSPS) is 7.67. The minimum absolute atomic E-state index is 0.0567. The van der Waals surface area contributed by atoms with Crippen LogP contribution in [0.4, 0.5) is 0 Å². The van der Waals surface area contributed by atoms with Gasteiger partial charge < -0.3 is 0 Å². The average Bonchev–Trinajstić information content (AvgIpc) is 1.82. The van der Waals surface area contributed by atoms with Crippen molar-refractivity contribution < 1.29 is 4.79 Å². The van der Waals surface area contributed by atoms with Crippen molar-refractivity contribution >= 4 is 16.8 Å². The quantitative estimate of drug-likeness (QED) is 0.196. The molecule has 0 heterocycles. The lowest BCUT2D eigenvalue weighted by Gasteiger charge is -1.87. The Morgan fingerprint density at radius 3 is 2.78 bits per heavy atom. The van der Waals surface area contributed by atoms with Gasteiger partial charge >= 0.3 is 0 Å². The van der Waals surface area contributed by atoms with Gasteiger partial charge in [0.1, 0.15) is 0 Å². The number of carbonyl (C=O) groups excluding carboxylic acids is 1. The van der Waals surface area contributed by atoms with E-state index in [1.54, 1.807) is 0 Å². The standard InChI is InChI=1S/C4H4ClN3O/c1-3(4(5)9)2-7-8-6/h1-2H2. The molecule has 0 bridgehead atoms. The van der Waals surface area contributed by atoms with Gasteiger partial charge in [0.05, 0.1) is 6.54 Å². The van der Waals surface area contributed by atoms with E-state index in [0.717, 1.165) is 0 Å². The van der Waals surface area contributed by atoms with Crippen molar-refractivity contribution in [2.45, 2.75) is 0 Å². The molecule has 48 valence electrons. The Balaban J connectivity index is 3.78. The molecule has 0 radical (unpaired) electrons. The maximum atomic E-state index is 10.1. The van der Waals surface area contributed by atoms with E-state index in [1.807, 2.05) is 0 Å². The third-order valence-electron chi connectivity index (χ3n) is 0.603. The second-order valence-electron chi connectivity index (χ2n) is 1.27. The van der Waals surface area contributed by atoms with E-state index >= 15 is 0 Å². The summed E-state index contributed by atoms with van der Waals surface area (Å²) >= 11 is 4.94. The lowest BCUT2D eigenvalue weighted by atomic mass is 10.3. The predicted molar refractivity (Wildman–Crippen MR) is 34.0 cm³/mol. The van der Waals surface area contributed by atoms with Crippen LogP contribution in [0, 0.1) is 0 Å². The van der Waals surface area contributed by atoms with Crippen LogP contribution in [0.1, 0.15) is 0 Å². The third kappa shape index (κ3) is 3.58. The minimum atomic E-state index is -0.664. The fourth-order valence-electron chi connectivity index (χ4n) is 0.179. The van der Waals surface area contributed by atoms with Gasteiger partial charge in [-0.25, -0.2) is 0 Å². The van der Waals surface area contributed by atoms with Crippen LogP contribution in [0.15, 0.2) is 17.3 Å². The summed E-state index contributed by atoms with van der Waals surface area (Å²) in [7, 11) is 0. The van der Waals surface area contributed by atoms with Gasteiger partial charge in [-0.3, -0.25) is 4.79 Å². The molecule has 0 aliphatic heterocycles. The van der Waals surface area contributed by atoms with E-state index in [-0.39, 0.29) is 12.1 Å². The number of nitrogens with zero attached hydrogens (tertiary/aromatic N) is 3. The third-order valence-corrected chi connectivity index (χ3v) is 0.870. The second-order valence-corrected chi connectivity index (χ2v) is 1.61. The molecule has 0 saturated heterocycles. The molecule has 0 rings (SSSR count). The Labute approximate surface area is 56.7 Å². The molecule has 0 unspecified atom stereocenters. The smallest absolute Gasteiger partial charge is 0.247 e. The van der Waals surface area contributed by atoms with Crippen molar-refractivity contribution in [1.82, 2.24) is 0 Å². The van der Waals surface area contributed by atoms with Crippen LogP contribution >= 0.6 is 11.6 Å². The SMILES string of the molecule is C=C(CN=[N+]=[N-])C(=O)Cl. The lowest BCUT2D eigenvalue weighted by Crippen LogP contribution is -1.93. The molecule has 0 amide bonds. The summed E-state index contributed by atoms with van der Waals surface area (Å²) < 4.78 is 0. The number of hydrogen-bond acceptors (Lipinski definition) is 2. The van der Waals surface area contributed by atoms with E-state index in [1.165, 1.54) is 0 Å². The Bertz CT molecular complexity index is 182. The van der Waals surface area contributed by atoms with Gasteiger partial charge in [0.15, 0.2) is 0 Å². The summed E-state index contributed by atoms with van der Waals surface area (Å²) in [5, 5.41) is 2.40. The molecule has 0 spiro atoms. The number of rotatable bonds is 3. The number of azide groups is 1. The summed E-state index contributed by atoms with van der Waals surface area (Å²) in [6.07, 6.45) is 0. The molecule has 9 heavy (non-hydrogen) atoms. The second kappa shape index (κ2) is 3.95. The van der Waals surface area contributed by atoms with Crippen molar-refractivity contribution in [2.24, 2.45) is 5.11 Å². The zero-order valence-electron chi connectivity index (χ0n) is 4.54. The molecular weight excluding hydrogens is 142 g/mol. The van der Waals surface area contributed by atoms with Crippen molar-refractivity contribution in [1.29, 1.82) is 0 Å². The molecule has 5 heteroatoms. The summed E-state index contributed by atoms with van der Waals surface area (Å²) in [6.45, 7) is 3.19. The number of hydrogen-bond donors (Lipinski definition) is 0. The van der Waals surface area contributed by atoms with Crippen LogP contribution < -0.4 is 0 Å². The molecule has 4 nitrogen and oxygen atoms in total. The molecule has 0 aliphatic carbocycles. The Kier molecular flexibility index (Phi) is 3.51. The first-order chi connectivity index (χ1) is 4.18. The fourth-order valence-corrected chi connectivity index (χ4v) is 0.239. The van der Waals surface area contributed by atoms with Crippen molar-refractivity contribution in [3.05, 3.63) is 22.6 Å². The summed E-state index contributed by atoms with van der Waals surface area (Å²) in [4.78, 5) is 12.5. The van der Waals surface area contributed by atoms with Crippen LogP contribution in [-0.2, 0) is 4.79 Å². The molecule has 0 aliphatic rings. The first-order valence-corrected chi connectivity index (χ1v) is 2.44. The molecule has 0 N–H and O–H groups in total. The van der Waals surface area contributed by atoms with E-state index in [9.17, 15) is 4.79 Å². The van der Waals surface area contributed by atoms with Gasteiger partial charge in [0.25, 0.3) is 0 Å². The summed E-state index contributed by atoms with van der Waals surface area (Å²) in [5.41, 5.74) is 7.87. The number of halogens is 1. The van der Waals surface area contributed by atoms with Gasteiger partial charge in [0, 0.05) is 10.5 Å². The molecule has 0 aromatic rings. The van der Waals surface area contributed by atoms with E-state index in [2.05, 4.69) is 16.6 Å². The van der Waals surface area contributed by atoms with Crippen LogP contribution in [0.3, 0.4) is 0 Å². The summed E-state index contributed by atoms with van der Waals surface area (Å²) in [6, 6.07) is 0. The van der Waals surface area contributed by atoms with Crippen LogP contribution in [0.25, 0.3) is 10.4 Å². The topological polar surface area (TPSA) is 65.8 Å². The highest BCUT2D eigenvalue weighted by molar-refractivity contribution is 6.67. The molecule has 0 atom stereocenters. The van der Waals surface area contributed by atoms with E-state index < -0.39 is 5.24 Å². The molecule has 0 saturated carbocycles. The zero-order chi connectivity index (χ0) is 7.28. The minimum Gasteiger partial charge on any atom is -0.276 e. The molecule has 0 fully saturated rings. The highest BCUT2D eigenvalue weighted by atomic mass is 35.5. The van der Waals surface area contributed by atoms with Gasteiger partial charge in [-0.2, -0.15) is 0 Å². The predicted octanol–water partition coefficient (Wildman–Crippen LogP) is 1.62.